The van der Waals surface area contributed by atoms with Crippen molar-refractivity contribution in [3.63, 3.8) is 0 Å². The molecule has 1 aliphatic heterocycles. The number of morpholine rings is 1. The summed E-state index contributed by atoms with van der Waals surface area (Å²) in [5, 5.41) is 10.1. The highest BCUT2D eigenvalue weighted by Gasteiger charge is 2.15. The normalized spacial score (nSPS) is 16.9. The minimum atomic E-state index is -0.484. The van der Waals surface area contributed by atoms with E-state index in [2.05, 4.69) is 17.0 Å². The smallest absolute Gasteiger partial charge is 0.119 e. The number of nitrogens with zero attached hydrogens (tertiary/aromatic N) is 1. The Morgan fingerprint density at radius 3 is 2.30 bits per heavy atom. The van der Waals surface area contributed by atoms with E-state index in [0.29, 0.717) is 13.2 Å². The number of ether oxygens (including phenoxy) is 2. The second kappa shape index (κ2) is 8.11. The van der Waals surface area contributed by atoms with Gasteiger partial charge in [-0.25, -0.2) is 0 Å². The summed E-state index contributed by atoms with van der Waals surface area (Å²) in [5.41, 5.74) is 2.35. The Kier molecular flexibility index (Phi) is 5.64. The molecule has 0 saturated carbocycles. The summed E-state index contributed by atoms with van der Waals surface area (Å²) in [6, 6.07) is 18.2. The lowest BCUT2D eigenvalue weighted by Crippen LogP contribution is -2.42. The Morgan fingerprint density at radius 2 is 1.61 bits per heavy atom. The molecule has 0 amide bonds. The van der Waals surface area contributed by atoms with Gasteiger partial charge in [-0.2, -0.15) is 0 Å². The highest BCUT2D eigenvalue weighted by Crippen LogP contribution is 2.22. The summed E-state index contributed by atoms with van der Waals surface area (Å²) in [5.74, 6) is 0.783. The molecule has 23 heavy (non-hydrogen) atoms. The first kappa shape index (κ1) is 16.0. The van der Waals surface area contributed by atoms with Gasteiger partial charge in [0, 0.05) is 19.6 Å². The average Bonchev–Trinajstić information content (AvgIpc) is 2.62. The van der Waals surface area contributed by atoms with E-state index in [0.717, 1.165) is 37.6 Å². The van der Waals surface area contributed by atoms with Gasteiger partial charge in [-0.3, -0.25) is 4.90 Å². The summed E-state index contributed by atoms with van der Waals surface area (Å²) in [6.07, 6.45) is -0.484. The van der Waals surface area contributed by atoms with Gasteiger partial charge in [0.25, 0.3) is 0 Å². The van der Waals surface area contributed by atoms with Crippen LogP contribution in [0.3, 0.4) is 0 Å². The van der Waals surface area contributed by atoms with Gasteiger partial charge in [-0.05, 0) is 23.3 Å². The summed E-state index contributed by atoms with van der Waals surface area (Å²) >= 11 is 0. The zero-order valence-corrected chi connectivity index (χ0v) is 13.2. The van der Waals surface area contributed by atoms with Crippen molar-refractivity contribution in [3.8, 4) is 16.9 Å². The van der Waals surface area contributed by atoms with Gasteiger partial charge in [0.1, 0.15) is 18.5 Å². The van der Waals surface area contributed by atoms with Gasteiger partial charge in [0.2, 0.25) is 0 Å². The number of benzene rings is 2. The zero-order valence-electron chi connectivity index (χ0n) is 13.2. The number of aliphatic hydroxyl groups is 1. The van der Waals surface area contributed by atoms with Gasteiger partial charge < -0.3 is 14.6 Å². The molecular formula is C19H23NO3. The summed E-state index contributed by atoms with van der Waals surface area (Å²) < 4.78 is 11.0. The molecule has 3 rings (SSSR count). The van der Waals surface area contributed by atoms with Crippen molar-refractivity contribution in [2.45, 2.75) is 6.10 Å². The number of β-amino-alcohol motifs (C(OH)–C–C–N with tert-alkyl or cyclic N) is 1. The number of hydrogen-bond acceptors (Lipinski definition) is 4. The quantitative estimate of drug-likeness (QED) is 0.889. The van der Waals surface area contributed by atoms with E-state index in [9.17, 15) is 5.11 Å². The average molecular weight is 313 g/mol. The molecule has 2 aromatic carbocycles. The van der Waals surface area contributed by atoms with Crippen LogP contribution in [-0.2, 0) is 4.74 Å². The van der Waals surface area contributed by atoms with E-state index >= 15 is 0 Å². The van der Waals surface area contributed by atoms with Crippen molar-refractivity contribution >= 4 is 0 Å². The lowest BCUT2D eigenvalue weighted by molar-refractivity contribution is 0.00466. The Balaban J connectivity index is 1.48. The Labute approximate surface area is 137 Å². The SMILES string of the molecule is O[C@@H](COc1ccc(-c2ccccc2)cc1)CN1CCOCC1. The first-order valence-corrected chi connectivity index (χ1v) is 8.08. The highest BCUT2D eigenvalue weighted by atomic mass is 16.5. The summed E-state index contributed by atoms with van der Waals surface area (Å²) in [6.45, 7) is 4.18. The molecule has 0 spiro atoms. The van der Waals surface area contributed by atoms with Crippen molar-refractivity contribution < 1.29 is 14.6 Å². The van der Waals surface area contributed by atoms with Crippen LogP contribution in [0.1, 0.15) is 0 Å². The van der Waals surface area contributed by atoms with E-state index in [4.69, 9.17) is 9.47 Å². The van der Waals surface area contributed by atoms with E-state index in [-0.39, 0.29) is 0 Å². The first-order valence-electron chi connectivity index (χ1n) is 8.08. The van der Waals surface area contributed by atoms with Crippen molar-refractivity contribution in [2.24, 2.45) is 0 Å². The van der Waals surface area contributed by atoms with E-state index in [1.807, 2.05) is 42.5 Å². The summed E-state index contributed by atoms with van der Waals surface area (Å²) in [7, 11) is 0. The maximum absolute atomic E-state index is 10.1. The van der Waals surface area contributed by atoms with Crippen molar-refractivity contribution in [2.75, 3.05) is 39.5 Å². The minimum absolute atomic E-state index is 0.308. The van der Waals surface area contributed by atoms with Crippen LogP contribution < -0.4 is 4.74 Å². The van der Waals surface area contributed by atoms with E-state index in [1.54, 1.807) is 0 Å². The predicted octanol–water partition coefficient (Wildman–Crippen LogP) is 2.43. The van der Waals surface area contributed by atoms with Crippen LogP contribution in [-0.4, -0.2) is 55.6 Å². The van der Waals surface area contributed by atoms with Crippen LogP contribution in [0.25, 0.3) is 11.1 Å². The van der Waals surface area contributed by atoms with Crippen LogP contribution >= 0.6 is 0 Å². The molecule has 0 radical (unpaired) electrons. The standard InChI is InChI=1S/C19H23NO3/c21-18(14-20-10-12-22-13-11-20)15-23-19-8-6-17(7-9-19)16-4-2-1-3-5-16/h1-9,18,21H,10-15H2/t18-/m1/s1. The number of hydrogen-bond donors (Lipinski definition) is 1. The third kappa shape index (κ3) is 4.79. The largest absolute Gasteiger partial charge is 0.491 e. The second-order valence-corrected chi connectivity index (χ2v) is 5.77. The molecule has 1 aliphatic rings. The van der Waals surface area contributed by atoms with Gasteiger partial charge >= 0.3 is 0 Å². The fourth-order valence-corrected chi connectivity index (χ4v) is 2.70. The Bertz CT molecular complexity index is 579. The van der Waals surface area contributed by atoms with E-state index in [1.165, 1.54) is 5.56 Å². The molecular weight excluding hydrogens is 290 g/mol. The van der Waals surface area contributed by atoms with Gasteiger partial charge in [-0.15, -0.1) is 0 Å². The molecule has 1 atom stereocenters. The first-order chi connectivity index (χ1) is 11.3. The molecule has 2 aromatic rings. The van der Waals surface area contributed by atoms with Gasteiger partial charge in [-0.1, -0.05) is 42.5 Å². The molecule has 0 aromatic heterocycles. The third-order valence-corrected chi connectivity index (χ3v) is 3.98. The Morgan fingerprint density at radius 1 is 0.957 bits per heavy atom. The van der Waals surface area contributed by atoms with Crippen molar-refractivity contribution in [1.29, 1.82) is 0 Å². The molecule has 4 nitrogen and oxygen atoms in total. The molecule has 0 bridgehead atoms. The monoisotopic (exact) mass is 313 g/mol. The van der Waals surface area contributed by atoms with Crippen molar-refractivity contribution in [3.05, 3.63) is 54.6 Å². The number of rotatable bonds is 6. The van der Waals surface area contributed by atoms with E-state index < -0.39 is 6.10 Å². The van der Waals surface area contributed by atoms with Crippen molar-refractivity contribution in [1.82, 2.24) is 4.90 Å². The molecule has 1 heterocycles. The molecule has 0 unspecified atom stereocenters. The lowest BCUT2D eigenvalue weighted by Gasteiger charge is -2.28. The van der Waals surface area contributed by atoms with Gasteiger partial charge in [0.15, 0.2) is 0 Å². The maximum Gasteiger partial charge on any atom is 0.119 e. The van der Waals surface area contributed by atoms with Crippen LogP contribution in [0.5, 0.6) is 5.75 Å². The fraction of sp³-hybridized carbons (Fsp3) is 0.368. The fourth-order valence-electron chi connectivity index (χ4n) is 2.70. The van der Waals surface area contributed by atoms with Crippen LogP contribution in [0.2, 0.25) is 0 Å². The Hall–Kier alpha value is -1.88. The third-order valence-electron chi connectivity index (χ3n) is 3.98. The van der Waals surface area contributed by atoms with Crippen LogP contribution in [0.15, 0.2) is 54.6 Å². The molecule has 0 aliphatic carbocycles. The maximum atomic E-state index is 10.1. The second-order valence-electron chi connectivity index (χ2n) is 5.77. The zero-order chi connectivity index (χ0) is 15.9. The van der Waals surface area contributed by atoms with Gasteiger partial charge in [0.05, 0.1) is 13.2 Å². The molecule has 122 valence electrons. The molecule has 1 fully saturated rings. The minimum Gasteiger partial charge on any atom is -0.491 e. The molecule has 1 N–H and O–H groups in total. The molecule has 1 saturated heterocycles. The van der Waals surface area contributed by atoms with Crippen LogP contribution in [0, 0.1) is 0 Å². The topological polar surface area (TPSA) is 41.9 Å². The highest BCUT2D eigenvalue weighted by molar-refractivity contribution is 5.63. The molecule has 4 heteroatoms. The lowest BCUT2D eigenvalue weighted by atomic mass is 10.1. The van der Waals surface area contributed by atoms with Crippen LogP contribution in [0.4, 0.5) is 0 Å². The summed E-state index contributed by atoms with van der Waals surface area (Å²) in [4.78, 5) is 2.20. The number of aliphatic hydroxyl groups excluding tert-OH is 1. The predicted molar refractivity (Wildman–Crippen MR) is 90.6 cm³/mol.